The minimum absolute atomic E-state index is 0.0329. The fourth-order valence-corrected chi connectivity index (χ4v) is 1.13. The van der Waals surface area contributed by atoms with E-state index in [0.717, 1.165) is 11.3 Å². The second-order valence-electron chi connectivity index (χ2n) is 2.18. The highest BCUT2D eigenvalue weighted by molar-refractivity contribution is 9.08. The van der Waals surface area contributed by atoms with Crippen LogP contribution in [0, 0.1) is 6.92 Å². The normalized spacial score (nSPS) is 9.80. The van der Waals surface area contributed by atoms with E-state index in [4.69, 9.17) is 0 Å². The third kappa shape index (κ3) is 1.70. The third-order valence-electron chi connectivity index (χ3n) is 1.19. The van der Waals surface area contributed by atoms with Gasteiger partial charge in [0.1, 0.15) is 0 Å². The number of hydrogen-bond acceptors (Lipinski definition) is 1. The molecule has 1 heterocycles. The van der Waals surface area contributed by atoms with Crippen molar-refractivity contribution in [3.63, 3.8) is 0 Å². The van der Waals surface area contributed by atoms with Gasteiger partial charge < -0.3 is 4.98 Å². The third-order valence-corrected chi connectivity index (χ3v) is 1.79. The fourth-order valence-electron chi connectivity index (χ4n) is 0.826. The van der Waals surface area contributed by atoms with Crippen LogP contribution in [-0.4, -0.2) is 4.98 Å². The van der Waals surface area contributed by atoms with Gasteiger partial charge in [0.2, 0.25) is 5.56 Å². The van der Waals surface area contributed by atoms with Crippen LogP contribution in [0.25, 0.3) is 0 Å². The molecule has 0 aromatic carbocycles. The molecule has 0 amide bonds. The van der Waals surface area contributed by atoms with Crippen LogP contribution in [-0.2, 0) is 5.33 Å². The molecule has 0 fully saturated rings. The quantitative estimate of drug-likeness (QED) is 0.689. The van der Waals surface area contributed by atoms with E-state index in [0.29, 0.717) is 5.33 Å². The minimum Gasteiger partial charge on any atom is -0.325 e. The molecule has 0 aliphatic heterocycles. The molecule has 2 nitrogen and oxygen atoms in total. The second-order valence-corrected chi connectivity index (χ2v) is 2.74. The van der Waals surface area contributed by atoms with Gasteiger partial charge in [0.25, 0.3) is 0 Å². The lowest BCUT2D eigenvalue weighted by molar-refractivity contribution is 1.11. The first kappa shape index (κ1) is 7.54. The van der Waals surface area contributed by atoms with E-state index in [2.05, 4.69) is 20.9 Å². The molecule has 1 aromatic heterocycles. The number of pyridine rings is 1. The standard InChI is InChI=1S/C7H8BrNO/c1-5-2-6(4-8)9-7(10)3-5/h2-3H,4H2,1H3,(H,9,10). The lowest BCUT2D eigenvalue weighted by atomic mass is 10.2. The average molecular weight is 202 g/mol. The maximum absolute atomic E-state index is 10.8. The van der Waals surface area contributed by atoms with Crippen LogP contribution in [0.4, 0.5) is 0 Å². The zero-order chi connectivity index (χ0) is 7.56. The number of halogens is 1. The highest BCUT2D eigenvalue weighted by atomic mass is 79.9. The Bertz CT molecular complexity index is 279. The topological polar surface area (TPSA) is 32.9 Å². The Balaban J connectivity index is 3.19. The highest BCUT2D eigenvalue weighted by Crippen LogP contribution is 2.00. The van der Waals surface area contributed by atoms with Gasteiger partial charge in [-0.1, -0.05) is 15.9 Å². The Morgan fingerprint density at radius 2 is 2.30 bits per heavy atom. The SMILES string of the molecule is Cc1cc(CBr)[nH]c(=O)c1. The maximum Gasteiger partial charge on any atom is 0.248 e. The van der Waals surface area contributed by atoms with Gasteiger partial charge in [0, 0.05) is 17.1 Å². The van der Waals surface area contributed by atoms with Crippen molar-refractivity contribution in [3.05, 3.63) is 33.7 Å². The monoisotopic (exact) mass is 201 g/mol. The molecule has 0 spiro atoms. The first-order valence-electron chi connectivity index (χ1n) is 2.98. The Morgan fingerprint density at radius 1 is 1.60 bits per heavy atom. The van der Waals surface area contributed by atoms with Gasteiger partial charge in [-0.3, -0.25) is 4.79 Å². The summed E-state index contributed by atoms with van der Waals surface area (Å²) in [5.74, 6) is 0. The smallest absolute Gasteiger partial charge is 0.248 e. The zero-order valence-corrected chi connectivity index (χ0v) is 7.23. The van der Waals surface area contributed by atoms with Crippen LogP contribution in [0.3, 0.4) is 0 Å². The summed E-state index contributed by atoms with van der Waals surface area (Å²) in [6.45, 7) is 1.90. The lowest BCUT2D eigenvalue weighted by Gasteiger charge is -1.95. The Morgan fingerprint density at radius 3 is 2.80 bits per heavy atom. The summed E-state index contributed by atoms with van der Waals surface area (Å²) in [6, 6.07) is 3.52. The molecule has 54 valence electrons. The van der Waals surface area contributed by atoms with Crippen molar-refractivity contribution < 1.29 is 0 Å². The van der Waals surface area contributed by atoms with Gasteiger partial charge >= 0.3 is 0 Å². The highest BCUT2D eigenvalue weighted by Gasteiger charge is 1.91. The molecule has 0 saturated carbocycles. The summed E-state index contributed by atoms with van der Waals surface area (Å²) < 4.78 is 0. The van der Waals surface area contributed by atoms with Gasteiger partial charge in [-0.2, -0.15) is 0 Å². The molecule has 1 aromatic rings. The van der Waals surface area contributed by atoms with E-state index >= 15 is 0 Å². The van der Waals surface area contributed by atoms with E-state index in [9.17, 15) is 4.79 Å². The Labute approximate surface area is 67.4 Å². The summed E-state index contributed by atoms with van der Waals surface area (Å²) in [5.41, 5.74) is 1.89. The van der Waals surface area contributed by atoms with Gasteiger partial charge in [-0.05, 0) is 18.6 Å². The molecule has 0 saturated heterocycles. The van der Waals surface area contributed by atoms with Gasteiger partial charge in [0.15, 0.2) is 0 Å². The number of rotatable bonds is 1. The van der Waals surface area contributed by atoms with E-state index in [1.807, 2.05) is 13.0 Å². The van der Waals surface area contributed by atoms with Gasteiger partial charge in [-0.15, -0.1) is 0 Å². The first-order chi connectivity index (χ1) is 4.72. The molecule has 0 unspecified atom stereocenters. The van der Waals surface area contributed by atoms with E-state index < -0.39 is 0 Å². The number of alkyl halides is 1. The van der Waals surface area contributed by atoms with Crippen molar-refractivity contribution in [2.45, 2.75) is 12.3 Å². The summed E-state index contributed by atoms with van der Waals surface area (Å²) in [4.78, 5) is 13.5. The largest absolute Gasteiger partial charge is 0.325 e. The van der Waals surface area contributed by atoms with Crippen molar-refractivity contribution >= 4 is 15.9 Å². The fraction of sp³-hybridized carbons (Fsp3) is 0.286. The summed E-state index contributed by atoms with van der Waals surface area (Å²) in [7, 11) is 0. The second kappa shape index (κ2) is 3.01. The summed E-state index contributed by atoms with van der Waals surface area (Å²) >= 11 is 3.26. The van der Waals surface area contributed by atoms with Crippen molar-refractivity contribution in [2.24, 2.45) is 0 Å². The molecule has 0 aliphatic rings. The summed E-state index contributed by atoms with van der Waals surface area (Å²) in [5, 5.41) is 0.698. The van der Waals surface area contributed by atoms with Crippen LogP contribution in [0.1, 0.15) is 11.3 Å². The molecule has 0 radical (unpaired) electrons. The Kier molecular flexibility index (Phi) is 2.27. The van der Waals surface area contributed by atoms with Crippen LogP contribution in [0.15, 0.2) is 16.9 Å². The van der Waals surface area contributed by atoms with E-state index in [1.165, 1.54) is 0 Å². The number of aromatic amines is 1. The number of aromatic nitrogens is 1. The predicted molar refractivity (Wildman–Crippen MR) is 44.4 cm³/mol. The minimum atomic E-state index is -0.0329. The average Bonchev–Trinajstić information content (AvgIpc) is 1.85. The molecule has 1 rings (SSSR count). The van der Waals surface area contributed by atoms with E-state index in [1.54, 1.807) is 6.07 Å². The van der Waals surface area contributed by atoms with Crippen LogP contribution in [0.5, 0.6) is 0 Å². The van der Waals surface area contributed by atoms with Crippen molar-refractivity contribution in [1.82, 2.24) is 4.98 Å². The predicted octanol–water partition coefficient (Wildman–Crippen LogP) is 1.58. The molecule has 3 heteroatoms. The molecule has 0 aliphatic carbocycles. The Hall–Kier alpha value is -0.570. The number of nitrogens with one attached hydrogen (secondary N) is 1. The lowest BCUT2D eigenvalue weighted by Crippen LogP contribution is -2.06. The zero-order valence-electron chi connectivity index (χ0n) is 5.65. The van der Waals surface area contributed by atoms with Crippen molar-refractivity contribution in [1.29, 1.82) is 0 Å². The maximum atomic E-state index is 10.8. The van der Waals surface area contributed by atoms with Crippen LogP contribution >= 0.6 is 15.9 Å². The van der Waals surface area contributed by atoms with Crippen LogP contribution < -0.4 is 5.56 Å². The van der Waals surface area contributed by atoms with Crippen molar-refractivity contribution in [2.75, 3.05) is 0 Å². The summed E-state index contributed by atoms with van der Waals surface area (Å²) in [6.07, 6.45) is 0. The molecular formula is C7H8BrNO. The van der Waals surface area contributed by atoms with Crippen molar-refractivity contribution in [3.8, 4) is 0 Å². The van der Waals surface area contributed by atoms with Crippen LogP contribution in [0.2, 0.25) is 0 Å². The molecule has 1 N–H and O–H groups in total. The first-order valence-corrected chi connectivity index (χ1v) is 4.10. The molecule has 0 atom stereocenters. The molecule has 10 heavy (non-hydrogen) atoms. The number of hydrogen-bond donors (Lipinski definition) is 1. The van der Waals surface area contributed by atoms with Gasteiger partial charge in [0.05, 0.1) is 0 Å². The molecular weight excluding hydrogens is 194 g/mol. The molecule has 0 bridgehead atoms. The van der Waals surface area contributed by atoms with E-state index in [-0.39, 0.29) is 5.56 Å². The van der Waals surface area contributed by atoms with Gasteiger partial charge in [-0.25, -0.2) is 0 Å². The number of H-pyrrole nitrogens is 1. The number of aryl methyl sites for hydroxylation is 1.